The van der Waals surface area contributed by atoms with Crippen LogP contribution in [0.5, 0.6) is 0 Å². The zero-order valence-corrected chi connectivity index (χ0v) is 14.8. The first-order valence-corrected chi connectivity index (χ1v) is 9.31. The number of hydrogen-bond acceptors (Lipinski definition) is 3. The van der Waals surface area contributed by atoms with Crippen molar-refractivity contribution < 1.29 is 9.53 Å². The Hall–Kier alpha value is -2.08. The third kappa shape index (κ3) is 3.23. The summed E-state index contributed by atoms with van der Waals surface area (Å²) in [5.74, 6) is 0. The van der Waals surface area contributed by atoms with Crippen molar-refractivity contribution in [3.63, 3.8) is 0 Å². The molecule has 1 aromatic heterocycles. The fraction of sp³-hybridized carbons (Fsp3) is 0.579. The minimum atomic E-state index is 0.0400. The molecule has 0 saturated carbocycles. The highest BCUT2D eigenvalue weighted by atomic mass is 16.5. The Labute approximate surface area is 148 Å². The van der Waals surface area contributed by atoms with Crippen LogP contribution >= 0.6 is 0 Å². The molecule has 134 valence electrons. The molecule has 2 aliphatic rings. The summed E-state index contributed by atoms with van der Waals surface area (Å²) in [6.45, 7) is 2.28. The van der Waals surface area contributed by atoms with E-state index in [1.165, 1.54) is 0 Å². The van der Waals surface area contributed by atoms with E-state index in [0.717, 1.165) is 61.9 Å². The summed E-state index contributed by atoms with van der Waals surface area (Å²) >= 11 is 0. The van der Waals surface area contributed by atoms with Gasteiger partial charge in [-0.2, -0.15) is 5.10 Å². The average Bonchev–Trinajstić information content (AvgIpc) is 3.35. The topological polar surface area (TPSA) is 59.4 Å². The largest absolute Gasteiger partial charge is 0.376 e. The summed E-state index contributed by atoms with van der Waals surface area (Å²) in [5.41, 5.74) is 2.16. The molecule has 2 amide bonds. The van der Waals surface area contributed by atoms with Crippen LogP contribution in [0.4, 0.5) is 4.79 Å². The number of carbonyl (C=O) groups excluding carboxylic acids is 1. The molecule has 4 rings (SSSR count). The number of aryl methyl sites for hydroxylation is 1. The van der Waals surface area contributed by atoms with E-state index in [0.29, 0.717) is 6.54 Å². The number of para-hydroxylation sites is 1. The second-order valence-corrected chi connectivity index (χ2v) is 7.02. The zero-order valence-electron chi connectivity index (χ0n) is 14.8. The second-order valence-electron chi connectivity index (χ2n) is 7.02. The molecule has 2 atom stereocenters. The van der Waals surface area contributed by atoms with Crippen LogP contribution in [-0.2, 0) is 18.2 Å². The van der Waals surface area contributed by atoms with Crippen LogP contribution in [-0.4, -0.2) is 52.6 Å². The summed E-state index contributed by atoms with van der Waals surface area (Å²) in [4.78, 5) is 14.6. The average molecular weight is 342 g/mol. The Kier molecular flexibility index (Phi) is 4.61. The molecule has 0 unspecified atom stereocenters. The Morgan fingerprint density at radius 3 is 3.04 bits per heavy atom. The number of nitrogens with zero attached hydrogens (tertiary/aromatic N) is 3. The van der Waals surface area contributed by atoms with Gasteiger partial charge in [0.2, 0.25) is 0 Å². The highest BCUT2D eigenvalue weighted by Crippen LogP contribution is 2.27. The van der Waals surface area contributed by atoms with Crippen molar-refractivity contribution in [1.29, 1.82) is 0 Å². The van der Waals surface area contributed by atoms with E-state index in [1.807, 2.05) is 28.8 Å². The number of likely N-dealkylation sites (tertiary alicyclic amines) is 1. The molecule has 0 aliphatic carbocycles. The highest BCUT2D eigenvalue weighted by molar-refractivity contribution is 5.82. The van der Waals surface area contributed by atoms with Crippen LogP contribution in [0, 0.1) is 0 Å². The lowest BCUT2D eigenvalue weighted by Gasteiger charge is -2.28. The number of ether oxygens (including phenoxy) is 1. The van der Waals surface area contributed by atoms with Gasteiger partial charge < -0.3 is 15.0 Å². The molecule has 0 radical (unpaired) electrons. The van der Waals surface area contributed by atoms with Gasteiger partial charge in [-0.25, -0.2) is 4.79 Å². The summed E-state index contributed by atoms with van der Waals surface area (Å²) in [6, 6.07) is 8.50. The van der Waals surface area contributed by atoms with E-state index >= 15 is 0 Å². The van der Waals surface area contributed by atoms with Crippen LogP contribution in [0.15, 0.2) is 24.3 Å². The number of amides is 2. The van der Waals surface area contributed by atoms with E-state index in [1.54, 1.807) is 0 Å². The van der Waals surface area contributed by atoms with Gasteiger partial charge in [0.05, 0.1) is 23.4 Å². The maximum Gasteiger partial charge on any atom is 0.317 e. The van der Waals surface area contributed by atoms with E-state index in [-0.39, 0.29) is 18.2 Å². The van der Waals surface area contributed by atoms with Crippen LogP contribution in [0.25, 0.3) is 10.9 Å². The summed E-state index contributed by atoms with van der Waals surface area (Å²) < 4.78 is 7.71. The first-order valence-electron chi connectivity index (χ1n) is 9.31. The molecule has 2 fully saturated rings. The third-order valence-electron chi connectivity index (χ3n) is 5.43. The predicted molar refractivity (Wildman–Crippen MR) is 96.5 cm³/mol. The van der Waals surface area contributed by atoms with Gasteiger partial charge in [0.1, 0.15) is 0 Å². The fourth-order valence-corrected chi connectivity index (χ4v) is 4.20. The molecule has 0 bridgehead atoms. The summed E-state index contributed by atoms with van der Waals surface area (Å²) in [7, 11) is 1.96. The summed E-state index contributed by atoms with van der Waals surface area (Å²) in [6.07, 6.45) is 5.29. The van der Waals surface area contributed by atoms with Gasteiger partial charge in [-0.1, -0.05) is 18.2 Å². The molecule has 1 N–H and O–H groups in total. The minimum Gasteiger partial charge on any atom is -0.376 e. The first-order chi connectivity index (χ1) is 12.2. The molecule has 2 saturated heterocycles. The normalized spacial score (nSPS) is 23.5. The lowest BCUT2D eigenvalue weighted by Crippen LogP contribution is -2.47. The molecule has 3 heterocycles. The molecular weight excluding hydrogens is 316 g/mol. The molecule has 0 spiro atoms. The number of nitrogens with one attached hydrogen (secondary N) is 1. The van der Waals surface area contributed by atoms with Gasteiger partial charge in [-0.3, -0.25) is 4.68 Å². The first kappa shape index (κ1) is 16.4. The maximum atomic E-state index is 12.6. The number of benzene rings is 1. The van der Waals surface area contributed by atoms with Crippen molar-refractivity contribution in [2.45, 2.75) is 44.2 Å². The van der Waals surface area contributed by atoms with Crippen molar-refractivity contribution in [2.24, 2.45) is 7.05 Å². The van der Waals surface area contributed by atoms with Crippen molar-refractivity contribution in [1.82, 2.24) is 20.0 Å². The molecule has 25 heavy (non-hydrogen) atoms. The monoisotopic (exact) mass is 342 g/mol. The number of fused-ring (bicyclic) bond motifs is 1. The smallest absolute Gasteiger partial charge is 0.317 e. The van der Waals surface area contributed by atoms with Gasteiger partial charge >= 0.3 is 6.03 Å². The number of rotatable bonds is 4. The van der Waals surface area contributed by atoms with Crippen molar-refractivity contribution >= 4 is 16.9 Å². The number of carbonyl (C=O) groups is 1. The number of urea groups is 1. The molecule has 6 nitrogen and oxygen atoms in total. The second kappa shape index (κ2) is 7.04. The zero-order chi connectivity index (χ0) is 17.2. The standard InChI is InChI=1S/C19H26N4O2/c1-22-16-7-3-2-6-14(16)15(21-22)10-11-20-19(24)23-12-4-8-17(23)18-9-5-13-25-18/h2-3,6-7,17-18H,4-5,8-13H2,1H3,(H,20,24)/t17-,18-/m1/s1. The quantitative estimate of drug-likeness (QED) is 0.928. The van der Waals surface area contributed by atoms with Crippen LogP contribution in [0.2, 0.25) is 0 Å². The molecule has 6 heteroatoms. The van der Waals surface area contributed by atoms with E-state index in [2.05, 4.69) is 22.5 Å². The Balaban J connectivity index is 1.35. The number of hydrogen-bond donors (Lipinski definition) is 1. The minimum absolute atomic E-state index is 0.0400. The summed E-state index contributed by atoms with van der Waals surface area (Å²) in [5, 5.41) is 8.84. The SMILES string of the molecule is Cn1nc(CCNC(=O)N2CCC[C@@H]2[C@H]2CCCO2)c2ccccc21. The molecule has 1 aromatic carbocycles. The Bertz CT molecular complexity index is 751. The van der Waals surface area contributed by atoms with E-state index in [4.69, 9.17) is 4.74 Å². The molecular formula is C19H26N4O2. The van der Waals surface area contributed by atoms with Crippen LogP contribution < -0.4 is 5.32 Å². The van der Waals surface area contributed by atoms with E-state index in [9.17, 15) is 4.79 Å². The van der Waals surface area contributed by atoms with Crippen LogP contribution in [0.3, 0.4) is 0 Å². The van der Waals surface area contributed by atoms with Crippen molar-refractivity contribution in [2.75, 3.05) is 19.7 Å². The van der Waals surface area contributed by atoms with Gasteiger partial charge in [0.25, 0.3) is 0 Å². The van der Waals surface area contributed by atoms with E-state index < -0.39 is 0 Å². The maximum absolute atomic E-state index is 12.6. The number of aromatic nitrogens is 2. The van der Waals surface area contributed by atoms with Gasteiger partial charge in [0, 0.05) is 38.6 Å². The Morgan fingerprint density at radius 1 is 1.32 bits per heavy atom. The lowest BCUT2D eigenvalue weighted by molar-refractivity contribution is 0.0521. The van der Waals surface area contributed by atoms with Crippen molar-refractivity contribution in [3.8, 4) is 0 Å². The molecule has 2 aromatic rings. The fourth-order valence-electron chi connectivity index (χ4n) is 4.20. The van der Waals surface area contributed by atoms with Crippen molar-refractivity contribution in [3.05, 3.63) is 30.0 Å². The highest BCUT2D eigenvalue weighted by Gasteiger charge is 2.36. The Morgan fingerprint density at radius 2 is 2.20 bits per heavy atom. The van der Waals surface area contributed by atoms with Gasteiger partial charge in [-0.15, -0.1) is 0 Å². The molecule has 2 aliphatic heterocycles. The van der Waals surface area contributed by atoms with Gasteiger partial charge in [0.15, 0.2) is 0 Å². The third-order valence-corrected chi connectivity index (χ3v) is 5.43. The lowest BCUT2D eigenvalue weighted by atomic mass is 10.1. The van der Waals surface area contributed by atoms with Gasteiger partial charge in [-0.05, 0) is 31.7 Å². The van der Waals surface area contributed by atoms with Crippen LogP contribution in [0.1, 0.15) is 31.4 Å². The predicted octanol–water partition coefficient (Wildman–Crippen LogP) is 2.47.